The maximum absolute atomic E-state index is 13.1. The molecule has 0 bridgehead atoms. The third-order valence-electron chi connectivity index (χ3n) is 5.34. The predicted octanol–water partition coefficient (Wildman–Crippen LogP) is 4.98. The molecule has 0 radical (unpaired) electrons. The molecular weight excluding hydrogens is 474 g/mol. The molecule has 3 aromatic rings. The highest BCUT2D eigenvalue weighted by atomic mass is 35.5. The smallest absolute Gasteiger partial charge is 0.336 e. The number of amides is 1. The number of fused-ring (bicyclic) bond motifs is 1. The first-order chi connectivity index (χ1) is 15.4. The van der Waals surface area contributed by atoms with Crippen molar-refractivity contribution in [3.8, 4) is 0 Å². The SMILES string of the molecule is O=C(c1cc(C(F)(F)F)cc(C(F)(F)F)c1)N1CCN(Cc2cn3cc(Cl)ccc3n2)CC1. The van der Waals surface area contributed by atoms with Crippen molar-refractivity contribution in [3.05, 3.63) is 70.1 Å². The van der Waals surface area contributed by atoms with Crippen molar-refractivity contribution in [2.45, 2.75) is 18.9 Å². The minimum Gasteiger partial charge on any atom is -0.336 e. The first kappa shape index (κ1) is 23.4. The van der Waals surface area contributed by atoms with Gasteiger partial charge in [0.1, 0.15) is 5.65 Å². The van der Waals surface area contributed by atoms with Crippen LogP contribution in [0.3, 0.4) is 0 Å². The van der Waals surface area contributed by atoms with Gasteiger partial charge in [-0.05, 0) is 30.3 Å². The number of imidazole rings is 1. The van der Waals surface area contributed by atoms with E-state index in [0.29, 0.717) is 42.4 Å². The average molecular weight is 491 g/mol. The molecule has 0 atom stereocenters. The molecule has 33 heavy (non-hydrogen) atoms. The first-order valence-electron chi connectivity index (χ1n) is 9.84. The Morgan fingerprint density at radius 3 is 2.09 bits per heavy atom. The lowest BCUT2D eigenvalue weighted by Gasteiger charge is -2.34. The van der Waals surface area contributed by atoms with E-state index in [1.54, 1.807) is 22.7 Å². The van der Waals surface area contributed by atoms with Crippen LogP contribution in [0.2, 0.25) is 5.02 Å². The summed E-state index contributed by atoms with van der Waals surface area (Å²) < 4.78 is 80.3. The summed E-state index contributed by atoms with van der Waals surface area (Å²) in [4.78, 5) is 20.5. The Hall–Kier alpha value is -2.79. The van der Waals surface area contributed by atoms with Gasteiger partial charge in [-0.15, -0.1) is 0 Å². The van der Waals surface area contributed by atoms with E-state index in [4.69, 9.17) is 11.6 Å². The summed E-state index contributed by atoms with van der Waals surface area (Å²) in [5.41, 5.74) is -2.17. The minimum atomic E-state index is -5.01. The molecule has 1 aliphatic rings. The molecule has 3 heterocycles. The molecule has 4 rings (SSSR count). The van der Waals surface area contributed by atoms with Gasteiger partial charge in [0.25, 0.3) is 5.91 Å². The van der Waals surface area contributed by atoms with Crippen molar-refractivity contribution < 1.29 is 31.1 Å². The van der Waals surface area contributed by atoms with E-state index in [9.17, 15) is 31.1 Å². The van der Waals surface area contributed by atoms with Crippen LogP contribution in [0, 0.1) is 0 Å². The van der Waals surface area contributed by atoms with E-state index >= 15 is 0 Å². The van der Waals surface area contributed by atoms with E-state index in [0.717, 1.165) is 5.69 Å². The Bertz CT molecular complexity index is 1150. The van der Waals surface area contributed by atoms with Gasteiger partial charge in [-0.1, -0.05) is 11.6 Å². The van der Waals surface area contributed by atoms with Gasteiger partial charge in [0.05, 0.1) is 21.8 Å². The highest BCUT2D eigenvalue weighted by Gasteiger charge is 2.38. The van der Waals surface area contributed by atoms with Crippen LogP contribution in [-0.2, 0) is 18.9 Å². The van der Waals surface area contributed by atoms with Crippen molar-refractivity contribution in [2.24, 2.45) is 0 Å². The Morgan fingerprint density at radius 2 is 1.52 bits per heavy atom. The van der Waals surface area contributed by atoms with Crippen LogP contribution in [-0.4, -0.2) is 51.3 Å². The molecule has 5 nitrogen and oxygen atoms in total. The second-order valence-electron chi connectivity index (χ2n) is 7.71. The van der Waals surface area contributed by atoms with Crippen molar-refractivity contribution >= 4 is 23.2 Å². The average Bonchev–Trinajstić information content (AvgIpc) is 3.13. The van der Waals surface area contributed by atoms with Crippen molar-refractivity contribution in [1.29, 1.82) is 0 Å². The summed E-state index contributed by atoms with van der Waals surface area (Å²) in [6.45, 7) is 1.59. The third kappa shape index (κ3) is 5.25. The molecule has 0 spiro atoms. The van der Waals surface area contributed by atoms with Crippen LogP contribution in [0.5, 0.6) is 0 Å². The number of halogens is 7. The highest BCUT2D eigenvalue weighted by Crippen LogP contribution is 2.36. The van der Waals surface area contributed by atoms with E-state index < -0.39 is 35.0 Å². The summed E-state index contributed by atoms with van der Waals surface area (Å²) >= 11 is 5.96. The van der Waals surface area contributed by atoms with Gasteiger partial charge >= 0.3 is 12.4 Å². The molecule has 0 saturated carbocycles. The second kappa shape index (κ2) is 8.53. The summed E-state index contributed by atoms with van der Waals surface area (Å²) in [7, 11) is 0. The molecule has 1 saturated heterocycles. The lowest BCUT2D eigenvalue weighted by atomic mass is 10.0. The number of carbonyl (C=O) groups is 1. The van der Waals surface area contributed by atoms with Crippen molar-refractivity contribution in [1.82, 2.24) is 19.2 Å². The van der Waals surface area contributed by atoms with Gasteiger partial charge in [-0.25, -0.2) is 4.98 Å². The molecule has 1 aromatic carbocycles. The van der Waals surface area contributed by atoms with E-state index in [2.05, 4.69) is 4.98 Å². The Morgan fingerprint density at radius 1 is 0.909 bits per heavy atom. The maximum atomic E-state index is 13.1. The number of rotatable bonds is 3. The zero-order valence-electron chi connectivity index (χ0n) is 16.9. The maximum Gasteiger partial charge on any atom is 0.416 e. The number of piperazine rings is 1. The van der Waals surface area contributed by atoms with Gasteiger partial charge in [0.15, 0.2) is 0 Å². The number of pyridine rings is 1. The second-order valence-corrected chi connectivity index (χ2v) is 8.14. The number of nitrogens with zero attached hydrogens (tertiary/aromatic N) is 4. The number of alkyl halides is 6. The fourth-order valence-electron chi connectivity index (χ4n) is 3.69. The molecule has 12 heteroatoms. The molecule has 1 fully saturated rings. The summed E-state index contributed by atoms with van der Waals surface area (Å²) in [6, 6.07) is 4.43. The van der Waals surface area contributed by atoms with E-state index in [-0.39, 0.29) is 19.2 Å². The minimum absolute atomic E-state index is 0.0107. The molecule has 176 valence electrons. The highest BCUT2D eigenvalue weighted by molar-refractivity contribution is 6.30. The first-order valence-corrected chi connectivity index (χ1v) is 10.2. The van der Waals surface area contributed by atoms with Crippen molar-refractivity contribution in [2.75, 3.05) is 26.2 Å². The van der Waals surface area contributed by atoms with Crippen molar-refractivity contribution in [3.63, 3.8) is 0 Å². The fourth-order valence-corrected chi connectivity index (χ4v) is 3.86. The lowest BCUT2D eigenvalue weighted by molar-refractivity contribution is -0.143. The fraction of sp³-hybridized carbons (Fsp3) is 0.333. The monoisotopic (exact) mass is 490 g/mol. The normalized spacial score (nSPS) is 15.9. The Balaban J connectivity index is 1.45. The van der Waals surface area contributed by atoms with Gasteiger partial charge < -0.3 is 9.30 Å². The Labute approximate surface area is 189 Å². The zero-order valence-corrected chi connectivity index (χ0v) is 17.7. The van der Waals surface area contributed by atoms with Crippen LogP contribution in [0.15, 0.2) is 42.7 Å². The molecule has 1 aliphatic heterocycles. The molecule has 0 aliphatic carbocycles. The Kier molecular flexibility index (Phi) is 6.04. The molecule has 1 amide bonds. The van der Waals surface area contributed by atoms with Gasteiger partial charge in [0.2, 0.25) is 0 Å². The standard InChI is InChI=1S/C21H17ClF6N4O/c22-16-1-2-18-29-17(12-32(18)10-16)11-30-3-5-31(6-4-30)19(33)13-7-14(20(23,24)25)9-15(8-13)21(26,27)28/h1-2,7-10,12H,3-6,11H2. The largest absolute Gasteiger partial charge is 0.416 e. The van der Waals surface area contributed by atoms with Gasteiger partial charge in [-0.2, -0.15) is 26.3 Å². The van der Waals surface area contributed by atoms with Crippen LogP contribution in [0.4, 0.5) is 26.3 Å². The zero-order chi connectivity index (χ0) is 24.0. The number of benzene rings is 1. The quantitative estimate of drug-likeness (QED) is 0.486. The number of hydrogen-bond acceptors (Lipinski definition) is 3. The summed E-state index contributed by atoms with van der Waals surface area (Å²) in [5, 5.41) is 0.557. The topological polar surface area (TPSA) is 40.9 Å². The van der Waals surface area contributed by atoms with Crippen LogP contribution < -0.4 is 0 Å². The molecular formula is C21H17ClF6N4O. The van der Waals surface area contributed by atoms with E-state index in [1.807, 2.05) is 11.1 Å². The molecule has 2 aromatic heterocycles. The number of hydrogen-bond donors (Lipinski definition) is 0. The van der Waals surface area contributed by atoms with Crippen LogP contribution >= 0.6 is 11.6 Å². The summed E-state index contributed by atoms with van der Waals surface area (Å²) in [5.74, 6) is -0.867. The number of aromatic nitrogens is 2. The summed E-state index contributed by atoms with van der Waals surface area (Å²) in [6.07, 6.45) is -6.48. The molecule has 0 unspecified atom stereocenters. The predicted molar refractivity (Wildman–Crippen MR) is 108 cm³/mol. The van der Waals surface area contributed by atoms with Crippen LogP contribution in [0.1, 0.15) is 27.2 Å². The van der Waals surface area contributed by atoms with Gasteiger partial charge in [-0.3, -0.25) is 9.69 Å². The van der Waals surface area contributed by atoms with E-state index in [1.165, 1.54) is 4.90 Å². The van der Waals surface area contributed by atoms with Crippen LogP contribution in [0.25, 0.3) is 5.65 Å². The molecule has 0 N–H and O–H groups in total. The van der Waals surface area contributed by atoms with Gasteiger partial charge in [0, 0.05) is 50.7 Å². The third-order valence-corrected chi connectivity index (χ3v) is 5.57. The lowest BCUT2D eigenvalue weighted by Crippen LogP contribution is -2.48. The number of carbonyl (C=O) groups excluding carboxylic acids is 1.